The number of amides is 2. The van der Waals surface area contributed by atoms with Crippen molar-refractivity contribution in [3.63, 3.8) is 0 Å². The summed E-state index contributed by atoms with van der Waals surface area (Å²) < 4.78 is 51.4. The number of alkyl halides is 3. The maximum atomic E-state index is 13.8. The minimum absolute atomic E-state index is 0.0819. The molecule has 28 heavy (non-hydrogen) atoms. The number of carbonyl (C=O) groups excluding carboxylic acids is 3. The molecule has 2 saturated heterocycles. The first-order chi connectivity index (χ1) is 13.1. The highest BCUT2D eigenvalue weighted by Crippen LogP contribution is 2.47. The van der Waals surface area contributed by atoms with Crippen LogP contribution in [0.3, 0.4) is 0 Å². The summed E-state index contributed by atoms with van der Waals surface area (Å²) in [6, 6.07) is 7.09. The van der Waals surface area contributed by atoms with Gasteiger partial charge < -0.3 is 9.47 Å². The number of imide groups is 1. The van der Waals surface area contributed by atoms with Gasteiger partial charge in [-0.3, -0.25) is 9.59 Å². The van der Waals surface area contributed by atoms with E-state index in [1.165, 1.54) is 12.1 Å². The molecule has 2 amide bonds. The van der Waals surface area contributed by atoms with Crippen molar-refractivity contribution < 1.29 is 37.0 Å². The Morgan fingerprint density at radius 2 is 1.82 bits per heavy atom. The highest BCUT2D eigenvalue weighted by atomic mass is 19.4. The van der Waals surface area contributed by atoms with Gasteiger partial charge in [0.15, 0.2) is 0 Å². The Morgan fingerprint density at radius 1 is 1.18 bits per heavy atom. The van der Waals surface area contributed by atoms with Gasteiger partial charge in [0.05, 0.1) is 24.3 Å². The standard InChI is InChI=1S/C19H20F3NO5/c1-10(2)13-9-27-18(26)23(13)17(25)15-12(19(20,21)22)8-14(24)28-16(15)11-6-4-3-5-7-11/h3-7,10,12-13,15-16H,8-9H2,1-2H3/t12-,13+,15+,16-/m0/s1. The SMILES string of the molecule is CC(C)[C@H]1COC(=O)N1C(=O)[C@H]1[C@H](c2ccccc2)OC(=O)C[C@@H]1C(F)(F)F. The highest BCUT2D eigenvalue weighted by Gasteiger charge is 2.58. The fraction of sp³-hybridized carbons (Fsp3) is 0.526. The van der Waals surface area contributed by atoms with Crippen molar-refractivity contribution >= 4 is 18.0 Å². The second kappa shape index (κ2) is 7.44. The van der Waals surface area contributed by atoms with Gasteiger partial charge >= 0.3 is 18.2 Å². The van der Waals surface area contributed by atoms with Gasteiger partial charge in [-0.05, 0) is 11.5 Å². The molecule has 0 radical (unpaired) electrons. The normalized spacial score (nSPS) is 28.3. The number of hydrogen-bond acceptors (Lipinski definition) is 5. The third-order valence-electron chi connectivity index (χ3n) is 5.15. The Bertz CT molecular complexity index is 765. The minimum Gasteiger partial charge on any atom is -0.457 e. The van der Waals surface area contributed by atoms with Gasteiger partial charge in [0.2, 0.25) is 5.91 Å². The first-order valence-corrected chi connectivity index (χ1v) is 8.92. The molecule has 2 aliphatic rings. The zero-order valence-corrected chi connectivity index (χ0v) is 15.3. The molecule has 0 aliphatic carbocycles. The predicted octanol–water partition coefficient (Wildman–Crippen LogP) is 3.47. The molecule has 1 aromatic carbocycles. The van der Waals surface area contributed by atoms with E-state index in [1.54, 1.807) is 32.0 Å². The summed E-state index contributed by atoms with van der Waals surface area (Å²) in [6.07, 6.45) is -8.21. The molecule has 0 aromatic heterocycles. The number of halogens is 3. The maximum Gasteiger partial charge on any atom is 0.416 e. The van der Waals surface area contributed by atoms with E-state index in [2.05, 4.69) is 0 Å². The van der Waals surface area contributed by atoms with E-state index >= 15 is 0 Å². The van der Waals surface area contributed by atoms with Crippen LogP contribution in [0.25, 0.3) is 0 Å². The van der Waals surface area contributed by atoms with Crippen molar-refractivity contribution in [2.75, 3.05) is 6.61 Å². The van der Waals surface area contributed by atoms with Gasteiger partial charge in [-0.2, -0.15) is 13.2 Å². The summed E-state index contributed by atoms with van der Waals surface area (Å²) in [5.74, 6) is -6.31. The number of hydrogen-bond donors (Lipinski definition) is 0. The van der Waals surface area contributed by atoms with E-state index in [0.717, 1.165) is 4.90 Å². The number of nitrogens with zero attached hydrogens (tertiary/aromatic N) is 1. The number of esters is 1. The van der Waals surface area contributed by atoms with E-state index in [-0.39, 0.29) is 18.1 Å². The van der Waals surface area contributed by atoms with E-state index in [0.29, 0.717) is 0 Å². The van der Waals surface area contributed by atoms with Crippen LogP contribution >= 0.6 is 0 Å². The molecule has 2 aliphatic heterocycles. The second-order valence-electron chi connectivity index (χ2n) is 7.30. The molecular weight excluding hydrogens is 379 g/mol. The van der Waals surface area contributed by atoms with Crippen LogP contribution in [0, 0.1) is 17.8 Å². The average molecular weight is 399 g/mol. The van der Waals surface area contributed by atoms with Crippen LogP contribution in [0.1, 0.15) is 31.9 Å². The molecule has 152 valence electrons. The van der Waals surface area contributed by atoms with Crippen LogP contribution < -0.4 is 0 Å². The Morgan fingerprint density at radius 3 is 2.39 bits per heavy atom. The van der Waals surface area contributed by atoms with Crippen molar-refractivity contribution in [1.82, 2.24) is 4.90 Å². The number of cyclic esters (lactones) is 2. The summed E-state index contributed by atoms with van der Waals surface area (Å²) in [4.78, 5) is 38.0. The Labute approximate surface area is 159 Å². The molecule has 0 unspecified atom stereocenters. The minimum atomic E-state index is -4.82. The van der Waals surface area contributed by atoms with Crippen LogP contribution in [-0.4, -0.2) is 41.7 Å². The Kier molecular flexibility index (Phi) is 5.36. The largest absolute Gasteiger partial charge is 0.457 e. The van der Waals surface area contributed by atoms with Crippen LogP contribution in [0.15, 0.2) is 30.3 Å². The van der Waals surface area contributed by atoms with Crippen molar-refractivity contribution in [3.8, 4) is 0 Å². The molecule has 4 atom stereocenters. The van der Waals surface area contributed by atoms with Crippen LogP contribution in [0.4, 0.5) is 18.0 Å². The number of carbonyl (C=O) groups is 3. The zero-order valence-electron chi connectivity index (χ0n) is 15.3. The Balaban J connectivity index is 2.05. The Hall–Kier alpha value is -2.58. The van der Waals surface area contributed by atoms with Crippen LogP contribution in [0.2, 0.25) is 0 Å². The second-order valence-corrected chi connectivity index (χ2v) is 7.30. The van der Waals surface area contributed by atoms with Crippen molar-refractivity contribution in [1.29, 1.82) is 0 Å². The molecule has 6 nitrogen and oxygen atoms in total. The molecule has 9 heteroatoms. The quantitative estimate of drug-likeness (QED) is 0.728. The van der Waals surface area contributed by atoms with Gasteiger partial charge in [-0.15, -0.1) is 0 Å². The molecule has 0 bridgehead atoms. The van der Waals surface area contributed by atoms with Crippen molar-refractivity contribution in [2.45, 2.75) is 38.6 Å². The maximum absolute atomic E-state index is 13.8. The summed E-state index contributed by atoms with van der Waals surface area (Å²) >= 11 is 0. The average Bonchev–Trinajstić information content (AvgIpc) is 3.02. The van der Waals surface area contributed by atoms with Crippen LogP contribution in [0.5, 0.6) is 0 Å². The topological polar surface area (TPSA) is 72.9 Å². The number of rotatable bonds is 3. The summed E-state index contributed by atoms with van der Waals surface area (Å²) in [5.41, 5.74) is 0.261. The third kappa shape index (κ3) is 3.70. The highest BCUT2D eigenvalue weighted by molar-refractivity contribution is 5.96. The lowest BCUT2D eigenvalue weighted by Crippen LogP contribution is -2.53. The summed E-state index contributed by atoms with van der Waals surface area (Å²) in [5, 5.41) is 0. The van der Waals surface area contributed by atoms with Gasteiger partial charge in [-0.1, -0.05) is 44.2 Å². The lowest BCUT2D eigenvalue weighted by molar-refractivity contribution is -0.225. The van der Waals surface area contributed by atoms with Crippen molar-refractivity contribution in [3.05, 3.63) is 35.9 Å². The monoisotopic (exact) mass is 399 g/mol. The van der Waals surface area contributed by atoms with Crippen LogP contribution in [-0.2, 0) is 19.1 Å². The van der Waals surface area contributed by atoms with Gasteiger partial charge in [0.25, 0.3) is 0 Å². The molecule has 0 saturated carbocycles. The fourth-order valence-electron chi connectivity index (χ4n) is 3.66. The molecule has 1 aromatic rings. The van der Waals surface area contributed by atoms with Gasteiger partial charge in [0.1, 0.15) is 12.7 Å². The summed E-state index contributed by atoms with van der Waals surface area (Å²) in [7, 11) is 0. The zero-order chi connectivity index (χ0) is 20.6. The van der Waals surface area contributed by atoms with E-state index in [9.17, 15) is 27.6 Å². The van der Waals surface area contributed by atoms with Crippen molar-refractivity contribution in [2.24, 2.45) is 17.8 Å². The molecule has 2 fully saturated rings. The first kappa shape index (κ1) is 20.2. The number of benzene rings is 1. The smallest absolute Gasteiger partial charge is 0.416 e. The summed E-state index contributed by atoms with van der Waals surface area (Å²) in [6.45, 7) is 3.40. The number of ether oxygens (including phenoxy) is 2. The lowest BCUT2D eigenvalue weighted by Gasteiger charge is -2.39. The van der Waals surface area contributed by atoms with E-state index < -0.39 is 54.5 Å². The first-order valence-electron chi connectivity index (χ1n) is 8.92. The van der Waals surface area contributed by atoms with E-state index in [1.807, 2.05) is 0 Å². The third-order valence-corrected chi connectivity index (χ3v) is 5.15. The molecule has 0 N–H and O–H groups in total. The molecule has 2 heterocycles. The molecular formula is C19H20F3NO5. The molecule has 0 spiro atoms. The van der Waals surface area contributed by atoms with E-state index in [4.69, 9.17) is 9.47 Å². The molecule has 3 rings (SSSR count). The van der Waals surface area contributed by atoms with Gasteiger partial charge in [0, 0.05) is 0 Å². The van der Waals surface area contributed by atoms with Gasteiger partial charge in [-0.25, -0.2) is 9.69 Å². The lowest BCUT2D eigenvalue weighted by atomic mass is 9.78. The predicted molar refractivity (Wildman–Crippen MR) is 89.7 cm³/mol. The fourth-order valence-corrected chi connectivity index (χ4v) is 3.66.